The van der Waals surface area contributed by atoms with Crippen LogP contribution in [0.1, 0.15) is 0 Å². The van der Waals surface area contributed by atoms with Crippen molar-refractivity contribution >= 4 is 17.1 Å². The molecule has 0 aliphatic heterocycles. The molecule has 0 aliphatic rings. The Labute approximate surface area is 116 Å². The van der Waals surface area contributed by atoms with Crippen molar-refractivity contribution in [3.63, 3.8) is 0 Å². The van der Waals surface area contributed by atoms with Crippen LogP contribution in [0.25, 0.3) is 0 Å². The van der Waals surface area contributed by atoms with Crippen LogP contribution in [0.2, 0.25) is 0 Å². The van der Waals surface area contributed by atoms with Crippen LogP contribution in [0.3, 0.4) is 0 Å². The van der Waals surface area contributed by atoms with Gasteiger partial charge in [0.1, 0.15) is 0 Å². The van der Waals surface area contributed by atoms with Crippen LogP contribution < -0.4 is 16.6 Å². The lowest BCUT2D eigenvalue weighted by atomic mass is 10.2. The van der Waals surface area contributed by atoms with Crippen molar-refractivity contribution in [1.29, 1.82) is 0 Å². The lowest BCUT2D eigenvalue weighted by Crippen LogP contribution is -2.25. The number of nitrogens with zero attached hydrogens (tertiary/aromatic N) is 4. The summed E-state index contributed by atoms with van der Waals surface area (Å²) in [6.07, 6.45) is 1.33. The smallest absolute Gasteiger partial charge is 0.161 e. The van der Waals surface area contributed by atoms with Gasteiger partial charge in [0, 0.05) is 0 Å². The average Bonchev–Trinajstić information content (AvgIpc) is 3.07. The van der Waals surface area contributed by atoms with Gasteiger partial charge in [-0.05, 0) is 24.3 Å². The van der Waals surface area contributed by atoms with E-state index in [4.69, 9.17) is 11.6 Å². The van der Waals surface area contributed by atoms with Gasteiger partial charge in [0.25, 0.3) is 0 Å². The van der Waals surface area contributed by atoms with Gasteiger partial charge < -0.3 is 5.73 Å². The molecule has 3 rings (SSSR count). The minimum absolute atomic E-state index is 0.670. The highest BCUT2D eigenvalue weighted by molar-refractivity contribution is 5.73. The standard InChI is InChI=1S/C12H13N3.CH2N4/c13-11-8-4-5-9-12(11)15(14)10-6-2-1-3-7-10;1-2-4-5-3-1/h1-9H,13-14H2;1H,(H,2,3,4,5). The van der Waals surface area contributed by atoms with Crippen molar-refractivity contribution in [2.45, 2.75) is 0 Å². The summed E-state index contributed by atoms with van der Waals surface area (Å²) in [7, 11) is 0. The van der Waals surface area contributed by atoms with E-state index in [1.807, 2.05) is 54.6 Å². The Bertz CT molecular complexity index is 592. The maximum absolute atomic E-state index is 5.97. The summed E-state index contributed by atoms with van der Waals surface area (Å²) in [5.41, 5.74) is 8.23. The van der Waals surface area contributed by atoms with E-state index in [0.717, 1.165) is 11.4 Å². The number of hydrogen-bond donors (Lipinski definition) is 3. The molecule has 3 aromatic rings. The summed E-state index contributed by atoms with van der Waals surface area (Å²) in [6.45, 7) is 0. The number of H-pyrrole nitrogens is 1. The molecule has 0 unspecified atom stereocenters. The third-order valence-corrected chi connectivity index (χ3v) is 2.50. The maximum atomic E-state index is 5.97. The number of para-hydroxylation sites is 3. The fraction of sp³-hybridized carbons (Fsp3) is 0. The Balaban J connectivity index is 0.000000247. The number of rotatable bonds is 2. The zero-order valence-electron chi connectivity index (χ0n) is 10.7. The minimum atomic E-state index is 0.670. The molecule has 0 radical (unpaired) electrons. The van der Waals surface area contributed by atoms with Crippen LogP contribution in [0, 0.1) is 0 Å². The molecule has 0 fully saturated rings. The summed E-state index contributed by atoms with van der Waals surface area (Å²) in [5.74, 6) is 5.97. The Morgan fingerprint density at radius 1 is 0.950 bits per heavy atom. The number of aromatic amines is 1. The number of benzene rings is 2. The zero-order chi connectivity index (χ0) is 14.2. The van der Waals surface area contributed by atoms with Gasteiger partial charge in [-0.3, -0.25) is 5.01 Å². The molecule has 102 valence electrons. The van der Waals surface area contributed by atoms with E-state index in [2.05, 4.69) is 20.6 Å². The Morgan fingerprint density at radius 2 is 1.65 bits per heavy atom. The SMILES string of the molecule is Nc1ccccc1N(N)c1ccccc1.c1nn[nH]n1. The quantitative estimate of drug-likeness (QED) is 0.369. The van der Waals surface area contributed by atoms with E-state index < -0.39 is 0 Å². The van der Waals surface area contributed by atoms with Gasteiger partial charge >= 0.3 is 0 Å². The second kappa shape index (κ2) is 6.86. The topological polar surface area (TPSA) is 110 Å². The van der Waals surface area contributed by atoms with Gasteiger partial charge in [0.2, 0.25) is 0 Å². The lowest BCUT2D eigenvalue weighted by Gasteiger charge is -2.20. The Hall–Kier alpha value is -2.93. The molecule has 1 heterocycles. The van der Waals surface area contributed by atoms with Crippen molar-refractivity contribution < 1.29 is 0 Å². The van der Waals surface area contributed by atoms with E-state index in [1.165, 1.54) is 6.33 Å². The van der Waals surface area contributed by atoms with Crippen molar-refractivity contribution in [3.05, 3.63) is 60.9 Å². The predicted octanol–water partition coefficient (Wildman–Crippen LogP) is 1.48. The number of hydrogen-bond acceptors (Lipinski definition) is 6. The molecule has 20 heavy (non-hydrogen) atoms. The first-order valence-electron chi connectivity index (χ1n) is 5.90. The summed E-state index contributed by atoms with van der Waals surface area (Å²) < 4.78 is 0. The third kappa shape index (κ3) is 3.53. The van der Waals surface area contributed by atoms with Crippen LogP contribution in [0.4, 0.5) is 17.1 Å². The van der Waals surface area contributed by atoms with Crippen molar-refractivity contribution in [1.82, 2.24) is 20.6 Å². The summed E-state index contributed by atoms with van der Waals surface area (Å²) in [4.78, 5) is 0. The molecule has 0 spiro atoms. The fourth-order valence-electron chi connectivity index (χ4n) is 1.56. The largest absolute Gasteiger partial charge is 0.397 e. The van der Waals surface area contributed by atoms with Crippen LogP contribution in [0.15, 0.2) is 60.9 Å². The van der Waals surface area contributed by atoms with Crippen LogP contribution in [0.5, 0.6) is 0 Å². The molecular formula is C13H15N7. The number of nitrogens with two attached hydrogens (primary N) is 2. The van der Waals surface area contributed by atoms with Crippen LogP contribution >= 0.6 is 0 Å². The highest BCUT2D eigenvalue weighted by atomic mass is 15.5. The van der Waals surface area contributed by atoms with Crippen molar-refractivity contribution in [2.24, 2.45) is 5.84 Å². The number of tetrazole rings is 1. The molecule has 5 N–H and O–H groups in total. The molecule has 2 aromatic carbocycles. The number of anilines is 3. The summed E-state index contributed by atoms with van der Waals surface area (Å²) >= 11 is 0. The molecule has 0 bridgehead atoms. The zero-order valence-corrected chi connectivity index (χ0v) is 10.7. The van der Waals surface area contributed by atoms with E-state index in [1.54, 1.807) is 5.01 Å². The lowest BCUT2D eigenvalue weighted by molar-refractivity contribution is 0.881. The first-order chi connectivity index (χ1) is 9.79. The third-order valence-electron chi connectivity index (χ3n) is 2.50. The number of hydrazine groups is 1. The molecule has 0 saturated heterocycles. The molecular weight excluding hydrogens is 254 g/mol. The van der Waals surface area contributed by atoms with Crippen molar-refractivity contribution in [3.8, 4) is 0 Å². The summed E-state index contributed by atoms with van der Waals surface area (Å²) in [6, 6.07) is 17.2. The van der Waals surface area contributed by atoms with Gasteiger partial charge in [0.05, 0.1) is 17.1 Å². The van der Waals surface area contributed by atoms with Gasteiger partial charge in [0.15, 0.2) is 6.33 Å². The fourth-order valence-corrected chi connectivity index (χ4v) is 1.56. The first kappa shape index (κ1) is 13.5. The van der Waals surface area contributed by atoms with Gasteiger partial charge in [-0.2, -0.15) is 5.21 Å². The Kier molecular flexibility index (Phi) is 4.63. The Morgan fingerprint density at radius 3 is 2.20 bits per heavy atom. The molecule has 0 amide bonds. The number of aromatic nitrogens is 4. The van der Waals surface area contributed by atoms with Gasteiger partial charge in [-0.1, -0.05) is 35.5 Å². The maximum Gasteiger partial charge on any atom is 0.161 e. The molecule has 1 aromatic heterocycles. The van der Waals surface area contributed by atoms with Crippen LogP contribution in [-0.2, 0) is 0 Å². The molecule has 7 nitrogen and oxygen atoms in total. The molecule has 0 saturated carbocycles. The van der Waals surface area contributed by atoms with Gasteiger partial charge in [-0.15, -0.1) is 10.2 Å². The highest BCUT2D eigenvalue weighted by Gasteiger charge is 2.06. The molecule has 0 atom stereocenters. The van der Waals surface area contributed by atoms with Gasteiger partial charge in [-0.25, -0.2) is 5.84 Å². The minimum Gasteiger partial charge on any atom is -0.397 e. The second-order valence-corrected chi connectivity index (χ2v) is 3.82. The molecule has 7 heteroatoms. The normalized spacial score (nSPS) is 9.45. The highest BCUT2D eigenvalue weighted by Crippen LogP contribution is 2.26. The monoisotopic (exact) mass is 269 g/mol. The van der Waals surface area contributed by atoms with E-state index in [-0.39, 0.29) is 0 Å². The van der Waals surface area contributed by atoms with Crippen LogP contribution in [-0.4, -0.2) is 20.6 Å². The van der Waals surface area contributed by atoms with E-state index in [9.17, 15) is 0 Å². The average molecular weight is 269 g/mol. The summed E-state index contributed by atoms with van der Waals surface area (Å²) in [5, 5.41) is 13.7. The number of nitrogen functional groups attached to an aromatic ring is 1. The van der Waals surface area contributed by atoms with E-state index in [0.29, 0.717) is 5.69 Å². The van der Waals surface area contributed by atoms with E-state index >= 15 is 0 Å². The second-order valence-electron chi connectivity index (χ2n) is 3.82. The molecule has 0 aliphatic carbocycles. The number of nitrogens with one attached hydrogen (secondary N) is 1. The predicted molar refractivity (Wildman–Crippen MR) is 77.8 cm³/mol. The van der Waals surface area contributed by atoms with Crippen molar-refractivity contribution in [2.75, 3.05) is 10.7 Å². The first-order valence-corrected chi connectivity index (χ1v) is 5.90.